The van der Waals surface area contributed by atoms with Crippen LogP contribution in [0.4, 0.5) is 5.69 Å². The summed E-state index contributed by atoms with van der Waals surface area (Å²) >= 11 is -2.32. The molecule has 3 N–H and O–H groups in total. The minimum atomic E-state index is -2.32. The Morgan fingerprint density at radius 2 is 1.64 bits per heavy atom. The van der Waals surface area contributed by atoms with Crippen molar-refractivity contribution in [2.24, 2.45) is 5.73 Å². The lowest BCUT2D eigenvalue weighted by atomic mass is 10.0. The van der Waals surface area contributed by atoms with Crippen LogP contribution in [0.3, 0.4) is 0 Å². The van der Waals surface area contributed by atoms with Crippen molar-refractivity contribution >= 4 is 33.6 Å². The minimum Gasteiger partial charge on any atom is -0.370 e. The molecule has 0 bridgehead atoms. The molecule has 0 heterocycles. The molecule has 2 atom stereocenters. The van der Waals surface area contributed by atoms with Crippen molar-refractivity contribution in [1.29, 1.82) is 0 Å². The molecule has 128 valence electrons. The van der Waals surface area contributed by atoms with E-state index in [2.05, 4.69) is 0 Å². The standard InChI is InChI=1S/C19H18N2O3S/c20-19(22)13-18(15-7-2-1-3-8-15)21(25(23)24)17-11-10-14-6-4-5-9-16(14)12-17/h1-12,18H,13H2,(H2,20,22)(H,23,24). The van der Waals surface area contributed by atoms with Gasteiger partial charge in [-0.3, -0.25) is 13.7 Å². The summed E-state index contributed by atoms with van der Waals surface area (Å²) in [5, 5.41) is 1.97. The van der Waals surface area contributed by atoms with Crippen LogP contribution in [0.15, 0.2) is 72.8 Å². The van der Waals surface area contributed by atoms with Gasteiger partial charge in [0.05, 0.1) is 18.2 Å². The number of anilines is 1. The molecule has 0 aliphatic carbocycles. The molecular weight excluding hydrogens is 336 g/mol. The number of fused-ring (bicyclic) bond motifs is 1. The minimum absolute atomic E-state index is 0.0663. The first-order valence-electron chi connectivity index (χ1n) is 7.78. The Bertz CT molecular complexity index is 915. The number of hydrogen-bond donors (Lipinski definition) is 2. The van der Waals surface area contributed by atoms with E-state index in [1.54, 1.807) is 6.07 Å². The molecule has 1 amide bonds. The van der Waals surface area contributed by atoms with Gasteiger partial charge in [0.25, 0.3) is 11.3 Å². The number of nitrogens with two attached hydrogens (primary N) is 1. The maximum atomic E-state index is 12.1. The smallest absolute Gasteiger partial charge is 0.262 e. The first-order valence-corrected chi connectivity index (χ1v) is 8.85. The molecule has 0 saturated carbocycles. The van der Waals surface area contributed by atoms with Gasteiger partial charge in [-0.1, -0.05) is 60.7 Å². The number of benzene rings is 3. The van der Waals surface area contributed by atoms with Gasteiger partial charge in [-0.25, -0.2) is 4.21 Å². The van der Waals surface area contributed by atoms with Crippen molar-refractivity contribution in [1.82, 2.24) is 0 Å². The summed E-state index contributed by atoms with van der Waals surface area (Å²) in [6.45, 7) is 0. The third-order valence-electron chi connectivity index (χ3n) is 4.02. The molecule has 6 heteroatoms. The Hall–Kier alpha value is -2.70. The molecule has 25 heavy (non-hydrogen) atoms. The fourth-order valence-electron chi connectivity index (χ4n) is 2.89. The fourth-order valence-corrected chi connectivity index (χ4v) is 3.60. The average molecular weight is 354 g/mol. The van der Waals surface area contributed by atoms with Crippen LogP contribution in [0.5, 0.6) is 0 Å². The first-order chi connectivity index (χ1) is 12.1. The van der Waals surface area contributed by atoms with E-state index in [1.807, 2.05) is 66.7 Å². The van der Waals surface area contributed by atoms with Crippen molar-refractivity contribution < 1.29 is 13.6 Å². The first kappa shape index (κ1) is 17.1. The van der Waals surface area contributed by atoms with Crippen LogP contribution in [0.25, 0.3) is 10.8 Å². The molecule has 5 nitrogen and oxygen atoms in total. The highest BCUT2D eigenvalue weighted by molar-refractivity contribution is 7.80. The predicted molar refractivity (Wildman–Crippen MR) is 100 cm³/mol. The largest absolute Gasteiger partial charge is 0.370 e. The Labute approximate surface area is 148 Å². The van der Waals surface area contributed by atoms with Gasteiger partial charge in [-0.05, 0) is 28.5 Å². The van der Waals surface area contributed by atoms with Crippen molar-refractivity contribution in [3.8, 4) is 0 Å². The van der Waals surface area contributed by atoms with Gasteiger partial charge >= 0.3 is 0 Å². The highest BCUT2D eigenvalue weighted by atomic mass is 32.2. The second-order valence-corrected chi connectivity index (χ2v) is 6.54. The zero-order chi connectivity index (χ0) is 17.8. The van der Waals surface area contributed by atoms with Gasteiger partial charge in [0.2, 0.25) is 5.91 Å². The molecule has 0 radical (unpaired) electrons. The highest BCUT2D eigenvalue weighted by Gasteiger charge is 2.27. The Morgan fingerprint density at radius 1 is 1.00 bits per heavy atom. The Balaban J connectivity index is 2.10. The topological polar surface area (TPSA) is 83.6 Å². The van der Waals surface area contributed by atoms with Gasteiger partial charge in [-0.15, -0.1) is 0 Å². The van der Waals surface area contributed by atoms with E-state index >= 15 is 0 Å². The lowest BCUT2D eigenvalue weighted by Gasteiger charge is -2.29. The number of hydrogen-bond acceptors (Lipinski definition) is 2. The molecule has 0 spiro atoms. The number of amides is 1. The monoisotopic (exact) mass is 354 g/mol. The van der Waals surface area contributed by atoms with E-state index in [-0.39, 0.29) is 6.42 Å². The van der Waals surface area contributed by atoms with Crippen molar-refractivity contribution in [3.63, 3.8) is 0 Å². The van der Waals surface area contributed by atoms with Crippen molar-refractivity contribution in [3.05, 3.63) is 78.4 Å². The lowest BCUT2D eigenvalue weighted by molar-refractivity contribution is -0.118. The molecule has 3 rings (SSSR count). The van der Waals surface area contributed by atoms with Crippen LogP contribution >= 0.6 is 0 Å². The normalized spacial score (nSPS) is 13.3. The van der Waals surface area contributed by atoms with Gasteiger partial charge in [0, 0.05) is 0 Å². The summed E-state index contributed by atoms with van der Waals surface area (Å²) < 4.78 is 23.4. The van der Waals surface area contributed by atoms with Gasteiger partial charge in [0.15, 0.2) is 0 Å². The number of nitrogens with zero attached hydrogens (tertiary/aromatic N) is 1. The summed E-state index contributed by atoms with van der Waals surface area (Å²) in [6, 6.07) is 21.7. The number of primary amides is 1. The van der Waals surface area contributed by atoms with Crippen LogP contribution in [-0.4, -0.2) is 14.7 Å². The molecule has 2 unspecified atom stereocenters. The van der Waals surface area contributed by atoms with Crippen molar-refractivity contribution in [2.45, 2.75) is 12.5 Å². The number of carbonyl (C=O) groups is 1. The van der Waals surface area contributed by atoms with Crippen LogP contribution in [0.2, 0.25) is 0 Å². The Morgan fingerprint density at radius 3 is 2.28 bits per heavy atom. The summed E-state index contributed by atoms with van der Waals surface area (Å²) in [5.41, 5.74) is 6.69. The lowest BCUT2D eigenvalue weighted by Crippen LogP contribution is -2.33. The molecular formula is C19H18N2O3S. The summed E-state index contributed by atoms with van der Waals surface area (Å²) in [6.07, 6.45) is -0.0663. The van der Waals surface area contributed by atoms with E-state index < -0.39 is 23.2 Å². The SMILES string of the molecule is NC(=O)CC(c1ccccc1)N(c1ccc2ccccc2c1)S(=O)O. The number of carbonyl (C=O) groups excluding carboxylic acids is 1. The van der Waals surface area contributed by atoms with Gasteiger partial charge in [0.1, 0.15) is 0 Å². The molecule has 0 aliphatic heterocycles. The second-order valence-electron chi connectivity index (χ2n) is 5.68. The van der Waals surface area contributed by atoms with E-state index in [1.165, 1.54) is 4.31 Å². The summed E-state index contributed by atoms with van der Waals surface area (Å²) in [5.74, 6) is -0.537. The summed E-state index contributed by atoms with van der Waals surface area (Å²) in [7, 11) is 0. The maximum absolute atomic E-state index is 12.1. The van der Waals surface area contributed by atoms with E-state index in [9.17, 15) is 13.6 Å². The quantitative estimate of drug-likeness (QED) is 0.666. The van der Waals surface area contributed by atoms with Gasteiger partial charge < -0.3 is 5.73 Å². The summed E-state index contributed by atoms with van der Waals surface area (Å²) in [4.78, 5) is 11.6. The molecule has 3 aromatic carbocycles. The van der Waals surface area contributed by atoms with Crippen LogP contribution < -0.4 is 10.0 Å². The van der Waals surface area contributed by atoms with Crippen molar-refractivity contribution in [2.75, 3.05) is 4.31 Å². The molecule has 0 aliphatic rings. The van der Waals surface area contributed by atoms with Crippen LogP contribution in [0, 0.1) is 0 Å². The average Bonchev–Trinajstić information content (AvgIpc) is 2.61. The molecule has 0 aromatic heterocycles. The fraction of sp³-hybridized carbons (Fsp3) is 0.105. The third-order valence-corrected chi connectivity index (χ3v) is 4.82. The van der Waals surface area contributed by atoms with E-state index in [4.69, 9.17) is 5.73 Å². The third kappa shape index (κ3) is 3.87. The Kier molecular flexibility index (Phi) is 5.11. The molecule has 0 fully saturated rings. The zero-order valence-electron chi connectivity index (χ0n) is 13.4. The van der Waals surface area contributed by atoms with Crippen LogP contribution in [0.1, 0.15) is 18.0 Å². The van der Waals surface area contributed by atoms with E-state index in [0.29, 0.717) is 5.69 Å². The van der Waals surface area contributed by atoms with E-state index in [0.717, 1.165) is 16.3 Å². The molecule has 3 aromatic rings. The second kappa shape index (κ2) is 7.46. The highest BCUT2D eigenvalue weighted by Crippen LogP contribution is 2.32. The molecule has 0 saturated heterocycles. The predicted octanol–water partition coefficient (Wildman–Crippen LogP) is 3.40. The van der Waals surface area contributed by atoms with Crippen LogP contribution in [-0.2, 0) is 16.1 Å². The zero-order valence-corrected chi connectivity index (χ0v) is 14.2. The maximum Gasteiger partial charge on any atom is 0.262 e. The van der Waals surface area contributed by atoms with Gasteiger partial charge in [-0.2, -0.15) is 0 Å². The number of rotatable bonds is 6.